The van der Waals surface area contributed by atoms with Gasteiger partial charge in [0.05, 0.1) is 18.2 Å². The van der Waals surface area contributed by atoms with Crippen LogP contribution in [0.3, 0.4) is 0 Å². The quantitative estimate of drug-likeness (QED) is 0.224. The summed E-state index contributed by atoms with van der Waals surface area (Å²) in [5.74, 6) is -2.94. The standard InChI is InChI=1S/C31H29ClF3N5O3/c1-43-26-7-16(6-17-12-40(18-4-5-18)39-28(17)26)30(41)37-11-20(15-2-3-15)25-9-21(31(42)13-36-14-31)27(35)29(38-25)19-8-22(32)24(34)10-23(19)33/h6-10,12,15,18,20,36,42H,2-5,11,13-14H2,1H3,(H,37,41). The highest BCUT2D eigenvalue weighted by molar-refractivity contribution is 6.31. The Hall–Kier alpha value is -3.67. The van der Waals surface area contributed by atoms with Gasteiger partial charge in [0.2, 0.25) is 0 Å². The number of pyridine rings is 1. The van der Waals surface area contributed by atoms with Crippen LogP contribution in [0.25, 0.3) is 22.2 Å². The van der Waals surface area contributed by atoms with Crippen LogP contribution in [-0.2, 0) is 5.60 Å². The number of fused-ring (bicyclic) bond motifs is 1. The molecule has 1 aliphatic heterocycles. The van der Waals surface area contributed by atoms with Crippen molar-refractivity contribution in [3.8, 4) is 17.0 Å². The van der Waals surface area contributed by atoms with E-state index in [1.165, 1.54) is 13.2 Å². The molecule has 2 aromatic carbocycles. The predicted octanol–water partition coefficient (Wildman–Crippen LogP) is 5.23. The topological polar surface area (TPSA) is 101 Å². The largest absolute Gasteiger partial charge is 0.494 e. The van der Waals surface area contributed by atoms with Crippen molar-refractivity contribution in [3.05, 3.63) is 75.8 Å². The second kappa shape index (κ2) is 10.5. The number of β-amino-alcohol motifs (C(OH)–C–C–N with tert-alkyl or cyclic N) is 1. The molecule has 1 unspecified atom stereocenters. The number of nitrogens with one attached hydrogen (secondary N) is 2. The number of carbonyl (C=O) groups excluding carboxylic acids is 1. The van der Waals surface area contributed by atoms with E-state index in [0.717, 1.165) is 37.1 Å². The number of rotatable bonds is 9. The van der Waals surface area contributed by atoms with Gasteiger partial charge in [0.1, 0.15) is 34.2 Å². The molecule has 2 aliphatic carbocycles. The van der Waals surface area contributed by atoms with Gasteiger partial charge in [-0.1, -0.05) is 11.6 Å². The third-order valence-electron chi connectivity index (χ3n) is 8.63. The fourth-order valence-electron chi connectivity index (χ4n) is 5.76. The second-order valence-electron chi connectivity index (χ2n) is 11.7. The van der Waals surface area contributed by atoms with Crippen LogP contribution in [0, 0.1) is 23.4 Å². The summed E-state index contributed by atoms with van der Waals surface area (Å²) in [5, 5.41) is 22.1. The van der Waals surface area contributed by atoms with Gasteiger partial charge in [-0.2, -0.15) is 5.10 Å². The second-order valence-corrected chi connectivity index (χ2v) is 12.2. The van der Waals surface area contributed by atoms with Crippen LogP contribution in [0.4, 0.5) is 13.2 Å². The number of hydrogen-bond donors (Lipinski definition) is 3. The van der Waals surface area contributed by atoms with Crippen LogP contribution < -0.4 is 15.4 Å². The number of aromatic nitrogens is 3. The van der Waals surface area contributed by atoms with Gasteiger partial charge in [0.25, 0.3) is 5.91 Å². The molecule has 8 nitrogen and oxygen atoms in total. The van der Waals surface area contributed by atoms with E-state index in [9.17, 15) is 18.7 Å². The number of aliphatic hydroxyl groups is 1. The van der Waals surface area contributed by atoms with Gasteiger partial charge < -0.3 is 20.5 Å². The van der Waals surface area contributed by atoms with E-state index in [-0.39, 0.29) is 59.2 Å². The van der Waals surface area contributed by atoms with E-state index in [2.05, 4.69) is 20.7 Å². The van der Waals surface area contributed by atoms with Crippen molar-refractivity contribution in [1.29, 1.82) is 0 Å². The molecule has 0 radical (unpaired) electrons. The minimum atomic E-state index is -1.52. The van der Waals surface area contributed by atoms with E-state index >= 15 is 4.39 Å². The number of halogens is 4. The Morgan fingerprint density at radius 2 is 1.93 bits per heavy atom. The van der Waals surface area contributed by atoms with E-state index in [0.29, 0.717) is 34.6 Å². The molecule has 12 heteroatoms. The van der Waals surface area contributed by atoms with Gasteiger partial charge in [-0.05, 0) is 55.9 Å². The van der Waals surface area contributed by atoms with Crippen molar-refractivity contribution in [1.82, 2.24) is 25.4 Å². The molecule has 4 aromatic rings. The Labute approximate surface area is 250 Å². The first-order valence-corrected chi connectivity index (χ1v) is 14.7. The molecule has 224 valence electrons. The Morgan fingerprint density at radius 1 is 1.16 bits per heavy atom. The summed E-state index contributed by atoms with van der Waals surface area (Å²) >= 11 is 5.93. The molecule has 7 rings (SSSR count). The Bertz CT molecular complexity index is 1770. The highest BCUT2D eigenvalue weighted by Gasteiger charge is 2.42. The molecule has 43 heavy (non-hydrogen) atoms. The molecule has 3 fully saturated rings. The van der Waals surface area contributed by atoms with Gasteiger partial charge in [-0.3, -0.25) is 9.48 Å². The van der Waals surface area contributed by atoms with E-state index in [1.807, 2.05) is 10.9 Å². The number of benzene rings is 2. The lowest BCUT2D eigenvalue weighted by Gasteiger charge is -2.38. The average molecular weight is 612 g/mol. The van der Waals surface area contributed by atoms with E-state index in [4.69, 9.17) is 16.3 Å². The average Bonchev–Trinajstić information content (AvgIpc) is 3.92. The molecule has 2 aromatic heterocycles. The fourth-order valence-corrected chi connectivity index (χ4v) is 5.93. The summed E-state index contributed by atoms with van der Waals surface area (Å²) < 4.78 is 52.2. The zero-order valence-corrected chi connectivity index (χ0v) is 24.0. The van der Waals surface area contributed by atoms with Crippen LogP contribution in [0.5, 0.6) is 5.75 Å². The summed E-state index contributed by atoms with van der Waals surface area (Å²) in [5.41, 5.74) is -0.750. The third-order valence-corrected chi connectivity index (χ3v) is 8.92. The lowest BCUT2D eigenvalue weighted by molar-refractivity contribution is -0.0178. The molecule has 1 amide bonds. The van der Waals surface area contributed by atoms with Gasteiger partial charge in [0.15, 0.2) is 5.82 Å². The summed E-state index contributed by atoms with van der Waals surface area (Å²) in [6.07, 6.45) is 5.80. The van der Waals surface area contributed by atoms with Gasteiger partial charge in [-0.15, -0.1) is 0 Å². The third kappa shape index (κ3) is 5.13. The lowest BCUT2D eigenvalue weighted by atomic mass is 9.85. The number of methoxy groups -OCH3 is 1. The van der Waals surface area contributed by atoms with Gasteiger partial charge in [0, 0.05) is 65.6 Å². The SMILES string of the molecule is COc1cc(C(=O)NCC(c2cc(C3(O)CNC3)c(F)c(-c3cc(Cl)c(F)cc3F)n2)C2CC2)cc2cn(C3CC3)nc12. The van der Waals surface area contributed by atoms with Crippen LogP contribution >= 0.6 is 11.6 Å². The van der Waals surface area contributed by atoms with Crippen molar-refractivity contribution in [3.63, 3.8) is 0 Å². The number of amides is 1. The maximum absolute atomic E-state index is 15.9. The molecule has 3 N–H and O–H groups in total. The molecule has 0 bridgehead atoms. The van der Waals surface area contributed by atoms with Gasteiger partial charge >= 0.3 is 0 Å². The lowest BCUT2D eigenvalue weighted by Crippen LogP contribution is -2.57. The van der Waals surface area contributed by atoms with Crippen LogP contribution in [-0.4, -0.2) is 52.5 Å². The maximum atomic E-state index is 15.9. The molecule has 2 saturated carbocycles. The molecular weight excluding hydrogens is 583 g/mol. The van der Waals surface area contributed by atoms with Crippen molar-refractivity contribution >= 4 is 28.4 Å². The van der Waals surface area contributed by atoms with Gasteiger partial charge in [-0.25, -0.2) is 18.2 Å². The first-order valence-electron chi connectivity index (χ1n) is 14.3. The van der Waals surface area contributed by atoms with Crippen molar-refractivity contribution in [2.75, 3.05) is 26.7 Å². The van der Waals surface area contributed by atoms with E-state index < -0.39 is 23.1 Å². The summed E-state index contributed by atoms with van der Waals surface area (Å²) in [7, 11) is 1.54. The number of nitrogens with zero attached hydrogens (tertiary/aromatic N) is 3. The molecule has 0 spiro atoms. The predicted molar refractivity (Wildman–Crippen MR) is 154 cm³/mol. The van der Waals surface area contributed by atoms with Crippen molar-refractivity contribution in [2.24, 2.45) is 5.92 Å². The fraction of sp³-hybridized carbons (Fsp3) is 0.387. The van der Waals surface area contributed by atoms with Crippen LogP contribution in [0.2, 0.25) is 5.02 Å². The first kappa shape index (κ1) is 28.1. The molecular formula is C31H29ClF3N5O3. The zero-order valence-electron chi connectivity index (χ0n) is 23.3. The number of hydrogen-bond acceptors (Lipinski definition) is 6. The summed E-state index contributed by atoms with van der Waals surface area (Å²) in [6.45, 7) is 0.379. The Kier molecular flexibility index (Phi) is 6.87. The zero-order chi connectivity index (χ0) is 30.0. The number of carbonyl (C=O) groups is 1. The van der Waals surface area contributed by atoms with E-state index in [1.54, 1.807) is 12.1 Å². The number of ether oxygens (including phenoxy) is 1. The Balaban J connectivity index is 1.22. The minimum absolute atomic E-state index is 0.0362. The summed E-state index contributed by atoms with van der Waals surface area (Å²) in [6, 6.07) is 6.89. The highest BCUT2D eigenvalue weighted by Crippen LogP contribution is 2.44. The highest BCUT2D eigenvalue weighted by atomic mass is 35.5. The molecule has 3 aliphatic rings. The van der Waals surface area contributed by atoms with Crippen molar-refractivity contribution in [2.45, 2.75) is 43.2 Å². The minimum Gasteiger partial charge on any atom is -0.494 e. The maximum Gasteiger partial charge on any atom is 0.251 e. The first-order chi connectivity index (χ1) is 20.6. The summed E-state index contributed by atoms with van der Waals surface area (Å²) in [4.78, 5) is 17.9. The molecule has 1 atom stereocenters. The normalized spacial score (nSPS) is 18.4. The van der Waals surface area contributed by atoms with Crippen LogP contribution in [0.15, 0.2) is 36.5 Å². The van der Waals surface area contributed by atoms with Crippen LogP contribution in [0.1, 0.15) is 59.3 Å². The smallest absolute Gasteiger partial charge is 0.251 e. The van der Waals surface area contributed by atoms with Crippen molar-refractivity contribution < 1.29 is 27.8 Å². The monoisotopic (exact) mass is 611 g/mol. The Morgan fingerprint density at radius 3 is 2.58 bits per heavy atom. The molecule has 3 heterocycles. The molecule has 1 saturated heterocycles.